The molecule has 0 bridgehead atoms. The van der Waals surface area contributed by atoms with Gasteiger partial charge in [0.25, 0.3) is 0 Å². The summed E-state index contributed by atoms with van der Waals surface area (Å²) in [5.74, 6) is 1.77. The van der Waals surface area contributed by atoms with Crippen LogP contribution in [0.3, 0.4) is 0 Å². The Hall–Kier alpha value is -8.67. The Morgan fingerprint density at radius 3 is 1.67 bits per heavy atom. The highest BCUT2D eigenvalue weighted by molar-refractivity contribution is 6.23. The summed E-state index contributed by atoms with van der Waals surface area (Å²) in [6.07, 6.45) is 0. The monoisotopic (exact) mass is 817 g/mol. The van der Waals surface area contributed by atoms with E-state index in [4.69, 9.17) is 23.8 Å². The van der Waals surface area contributed by atoms with Crippen LogP contribution in [0.5, 0.6) is 0 Å². The van der Waals surface area contributed by atoms with Crippen molar-refractivity contribution in [2.24, 2.45) is 0 Å². The Bertz CT molecular complexity index is 3960. The van der Waals surface area contributed by atoms with E-state index < -0.39 is 0 Å². The van der Waals surface area contributed by atoms with E-state index in [1.807, 2.05) is 66.7 Å². The van der Waals surface area contributed by atoms with Gasteiger partial charge in [0, 0.05) is 38.2 Å². The van der Waals surface area contributed by atoms with E-state index >= 15 is 0 Å². The van der Waals surface area contributed by atoms with Crippen LogP contribution in [-0.2, 0) is 0 Å². The zero-order chi connectivity index (χ0) is 42.1. The van der Waals surface area contributed by atoms with E-state index in [0.717, 1.165) is 93.8 Å². The third-order valence-corrected chi connectivity index (χ3v) is 12.5. The highest BCUT2D eigenvalue weighted by atomic mass is 16.3. The predicted molar refractivity (Wildman–Crippen MR) is 262 cm³/mol. The minimum Gasteiger partial charge on any atom is -0.456 e. The maximum Gasteiger partial charge on any atom is 0.164 e. The molecule has 0 spiro atoms. The number of nitrogens with zero attached hydrogens (tertiary/aromatic N) is 3. The minimum absolute atomic E-state index is 0.581. The molecule has 5 nitrogen and oxygen atoms in total. The van der Waals surface area contributed by atoms with Crippen molar-refractivity contribution in [2.45, 2.75) is 0 Å². The maximum absolute atomic E-state index is 6.71. The van der Waals surface area contributed by atoms with Crippen molar-refractivity contribution < 1.29 is 8.83 Å². The lowest BCUT2D eigenvalue weighted by Crippen LogP contribution is -2.01. The van der Waals surface area contributed by atoms with Crippen LogP contribution in [0, 0.1) is 0 Å². The number of furan rings is 2. The summed E-state index contributed by atoms with van der Waals surface area (Å²) in [6, 6.07) is 74.0. The molecule has 0 amide bonds. The summed E-state index contributed by atoms with van der Waals surface area (Å²) in [4.78, 5) is 15.6. The first-order chi connectivity index (χ1) is 31.7. The average Bonchev–Trinajstić information content (AvgIpc) is 3.94. The topological polar surface area (TPSA) is 65.0 Å². The minimum atomic E-state index is 0.581. The summed E-state index contributed by atoms with van der Waals surface area (Å²) >= 11 is 0. The molecule has 3 heterocycles. The molecule has 0 fully saturated rings. The van der Waals surface area contributed by atoms with Gasteiger partial charge in [-0.15, -0.1) is 0 Å². The first kappa shape index (κ1) is 36.0. The van der Waals surface area contributed by atoms with Crippen molar-refractivity contribution in [3.05, 3.63) is 212 Å². The number of para-hydroxylation sites is 1. The van der Waals surface area contributed by atoms with Crippen LogP contribution in [0.25, 0.3) is 133 Å². The SMILES string of the molecule is c1ccc(-c2nc(-c3ccc(-c4ccc5oc6cc(-c7cccc8ccccc78)c7ccccc7c6c5c4)cc3-c3ccccc3)nc(-c3cccc4oc5ccccc5c34)n2)cc1. The van der Waals surface area contributed by atoms with Crippen molar-refractivity contribution in [1.82, 2.24) is 15.0 Å². The van der Waals surface area contributed by atoms with Crippen LogP contribution < -0.4 is 0 Å². The van der Waals surface area contributed by atoms with Crippen LogP contribution in [0.4, 0.5) is 0 Å². The Morgan fingerprint density at radius 1 is 0.250 bits per heavy atom. The largest absolute Gasteiger partial charge is 0.456 e. The fraction of sp³-hybridized carbons (Fsp3) is 0. The lowest BCUT2D eigenvalue weighted by Gasteiger charge is -2.14. The van der Waals surface area contributed by atoms with Crippen molar-refractivity contribution in [3.63, 3.8) is 0 Å². The second-order valence-corrected chi connectivity index (χ2v) is 16.3. The zero-order valence-electron chi connectivity index (χ0n) is 34.4. The van der Waals surface area contributed by atoms with Crippen molar-refractivity contribution in [1.29, 1.82) is 0 Å². The molecule has 13 aromatic rings. The molecule has 0 radical (unpaired) electrons. The Balaban J connectivity index is 0.996. The lowest BCUT2D eigenvalue weighted by atomic mass is 9.91. The van der Waals surface area contributed by atoms with Gasteiger partial charge in [-0.25, -0.2) is 15.0 Å². The zero-order valence-corrected chi connectivity index (χ0v) is 34.4. The van der Waals surface area contributed by atoms with Gasteiger partial charge in [0.2, 0.25) is 0 Å². The van der Waals surface area contributed by atoms with Gasteiger partial charge in [-0.3, -0.25) is 0 Å². The fourth-order valence-electron chi connectivity index (χ4n) is 9.57. The number of fused-ring (bicyclic) bond motifs is 9. The molecule has 0 atom stereocenters. The van der Waals surface area contributed by atoms with Crippen molar-refractivity contribution in [2.75, 3.05) is 0 Å². The molecule has 0 aliphatic carbocycles. The smallest absolute Gasteiger partial charge is 0.164 e. The van der Waals surface area contributed by atoms with Crippen LogP contribution in [-0.4, -0.2) is 15.0 Å². The van der Waals surface area contributed by atoms with Gasteiger partial charge in [0.1, 0.15) is 22.3 Å². The first-order valence-electron chi connectivity index (χ1n) is 21.5. The molecule has 3 aromatic heterocycles. The maximum atomic E-state index is 6.71. The molecular formula is C59H35N3O2. The Labute approximate surface area is 367 Å². The lowest BCUT2D eigenvalue weighted by molar-refractivity contribution is 0.668. The molecule has 10 aromatic carbocycles. The molecule has 5 heteroatoms. The van der Waals surface area contributed by atoms with Gasteiger partial charge < -0.3 is 8.83 Å². The van der Waals surface area contributed by atoms with E-state index in [2.05, 4.69) is 146 Å². The summed E-state index contributed by atoms with van der Waals surface area (Å²) in [7, 11) is 0. The molecule has 0 saturated carbocycles. The number of benzene rings is 10. The van der Waals surface area contributed by atoms with Gasteiger partial charge in [-0.1, -0.05) is 170 Å². The van der Waals surface area contributed by atoms with Crippen LogP contribution >= 0.6 is 0 Å². The number of hydrogen-bond donors (Lipinski definition) is 0. The van der Waals surface area contributed by atoms with E-state index in [9.17, 15) is 0 Å². The molecule has 64 heavy (non-hydrogen) atoms. The highest BCUT2D eigenvalue weighted by Gasteiger charge is 2.21. The van der Waals surface area contributed by atoms with Gasteiger partial charge in [0.15, 0.2) is 17.5 Å². The van der Waals surface area contributed by atoms with Gasteiger partial charge >= 0.3 is 0 Å². The van der Waals surface area contributed by atoms with E-state index in [1.54, 1.807) is 0 Å². The second-order valence-electron chi connectivity index (χ2n) is 16.3. The summed E-state index contributed by atoms with van der Waals surface area (Å²) in [5, 5.41) is 8.99. The van der Waals surface area contributed by atoms with Crippen molar-refractivity contribution >= 4 is 65.4 Å². The summed E-state index contributed by atoms with van der Waals surface area (Å²) in [5.41, 5.74) is 12.6. The molecule has 0 N–H and O–H groups in total. The Morgan fingerprint density at radius 2 is 0.828 bits per heavy atom. The van der Waals surface area contributed by atoms with Crippen LogP contribution in [0.1, 0.15) is 0 Å². The molecule has 13 rings (SSSR count). The quantitative estimate of drug-likeness (QED) is 0.167. The average molecular weight is 818 g/mol. The van der Waals surface area contributed by atoms with Crippen molar-refractivity contribution in [3.8, 4) is 67.5 Å². The van der Waals surface area contributed by atoms with E-state index in [-0.39, 0.29) is 0 Å². The summed E-state index contributed by atoms with van der Waals surface area (Å²) in [6.45, 7) is 0. The Kier molecular flexibility index (Phi) is 8.15. The van der Waals surface area contributed by atoms with Gasteiger partial charge in [-0.05, 0) is 97.4 Å². The van der Waals surface area contributed by atoms with Crippen LogP contribution in [0.15, 0.2) is 221 Å². The number of rotatable bonds is 6. The van der Waals surface area contributed by atoms with E-state index in [0.29, 0.717) is 17.5 Å². The molecule has 0 unspecified atom stereocenters. The standard InChI is InChI=1S/C59H35N3O2/c1-3-15-37(16-4-1)48-33-39(40-30-32-52-50(34-40)55-44-23-10-9-22-43(44)49(35-54(55)64-52)42-25-13-20-36-17-7-8-21-41(36)42)29-31-45(48)58-60-57(38-18-5-2-6-19-38)61-59(62-58)47-26-14-28-53-56(47)46-24-11-12-27-51(46)63-53/h1-35H. The van der Waals surface area contributed by atoms with E-state index in [1.165, 1.54) is 21.7 Å². The summed E-state index contributed by atoms with van der Waals surface area (Å²) < 4.78 is 13.0. The highest BCUT2D eigenvalue weighted by Crippen LogP contribution is 2.44. The molecular weight excluding hydrogens is 783 g/mol. The first-order valence-corrected chi connectivity index (χ1v) is 21.5. The predicted octanol–water partition coefficient (Wildman–Crippen LogP) is 16.0. The number of hydrogen-bond acceptors (Lipinski definition) is 5. The normalized spacial score (nSPS) is 11.8. The molecule has 298 valence electrons. The second kappa shape index (κ2) is 14.5. The molecule has 0 aliphatic rings. The molecule has 0 saturated heterocycles. The molecule has 0 aliphatic heterocycles. The third kappa shape index (κ3) is 5.83. The van der Waals surface area contributed by atoms with Gasteiger partial charge in [0.05, 0.1) is 0 Å². The number of aromatic nitrogens is 3. The van der Waals surface area contributed by atoms with Gasteiger partial charge in [-0.2, -0.15) is 0 Å². The third-order valence-electron chi connectivity index (χ3n) is 12.5. The van der Waals surface area contributed by atoms with Crippen LogP contribution in [0.2, 0.25) is 0 Å². The fourth-order valence-corrected chi connectivity index (χ4v) is 9.57.